The fourth-order valence-corrected chi connectivity index (χ4v) is 6.89. The van der Waals surface area contributed by atoms with Gasteiger partial charge in [0.2, 0.25) is 0 Å². The van der Waals surface area contributed by atoms with Crippen molar-refractivity contribution in [1.29, 1.82) is 0 Å². The van der Waals surface area contributed by atoms with Gasteiger partial charge in [-0.1, -0.05) is 24.3 Å². The van der Waals surface area contributed by atoms with E-state index >= 15 is 0 Å². The van der Waals surface area contributed by atoms with Crippen LogP contribution in [0.5, 0.6) is 0 Å². The van der Waals surface area contributed by atoms with E-state index in [-0.39, 0.29) is 35.2 Å². The van der Waals surface area contributed by atoms with Crippen molar-refractivity contribution in [2.24, 2.45) is 0 Å². The second-order valence-electron chi connectivity index (χ2n) is 12.3. The molecule has 8 rings (SSSR count). The molecule has 6 heterocycles. The lowest BCUT2D eigenvalue weighted by atomic mass is 10.0. The Morgan fingerprint density at radius 3 is 1.71 bits per heavy atom. The summed E-state index contributed by atoms with van der Waals surface area (Å²) in [5.74, 6) is -0.417. The normalized spacial score (nSPS) is 10.7. The van der Waals surface area contributed by atoms with Gasteiger partial charge in [0.15, 0.2) is 0 Å². The summed E-state index contributed by atoms with van der Waals surface area (Å²) < 4.78 is 31.2. The monoisotopic (exact) mass is 882 g/mol. The van der Waals surface area contributed by atoms with Crippen LogP contribution >= 0.6 is 43.5 Å². The first-order chi connectivity index (χ1) is 26.5. The van der Waals surface area contributed by atoms with Gasteiger partial charge in [-0.2, -0.15) is 0 Å². The van der Waals surface area contributed by atoms with E-state index < -0.39 is 0 Å². The molecule has 6 aromatic heterocycles. The van der Waals surface area contributed by atoms with Gasteiger partial charge in [0.25, 0.3) is 11.1 Å². The van der Waals surface area contributed by atoms with E-state index in [0.29, 0.717) is 37.4 Å². The Kier molecular flexibility index (Phi) is 12.7. The molecule has 0 saturated carbocycles. The number of alkyl halides is 1. The van der Waals surface area contributed by atoms with Crippen LogP contribution in [0.15, 0.2) is 141 Å². The number of hydrogen-bond acceptors (Lipinski definition) is 6. The first-order valence-corrected chi connectivity index (χ1v) is 18.9. The average molecular weight is 885 g/mol. The molecule has 1 N–H and O–H groups in total. The first-order valence-electron chi connectivity index (χ1n) is 16.8. The van der Waals surface area contributed by atoms with Gasteiger partial charge < -0.3 is 9.55 Å². The topological polar surface area (TPSA) is 106 Å². The predicted molar refractivity (Wildman–Crippen MR) is 221 cm³/mol. The second-order valence-corrected chi connectivity index (χ2v) is 14.3. The molecule has 0 radical (unpaired) electrons. The molecule has 0 amide bonds. The highest BCUT2D eigenvalue weighted by Gasteiger charge is 2.12. The average Bonchev–Trinajstić information content (AvgIpc) is 3.19. The maximum Gasteiger partial charge on any atom is 0.260 e. The molecule has 0 bridgehead atoms. The van der Waals surface area contributed by atoms with Crippen molar-refractivity contribution in [3.63, 3.8) is 0 Å². The highest BCUT2D eigenvalue weighted by Crippen LogP contribution is 2.25. The predicted octanol–water partition coefficient (Wildman–Crippen LogP) is 10.3. The van der Waals surface area contributed by atoms with Gasteiger partial charge in [0.1, 0.15) is 11.6 Å². The Balaban J connectivity index is 0.000000155. The van der Waals surface area contributed by atoms with E-state index in [0.717, 1.165) is 38.1 Å². The van der Waals surface area contributed by atoms with Crippen molar-refractivity contribution in [2.45, 2.75) is 26.3 Å². The SMILES string of the molecule is Cc1cc(-c2ccc(CCl)c(F)c2)ccn1.Cc1cc(-c2ccc(Cn3cc(Br)c4ncccc4c3=O)c(F)c2)ccn1.O=c1[nH]cc(Br)c2ncccc12. The quantitative estimate of drug-likeness (QED) is 0.173. The summed E-state index contributed by atoms with van der Waals surface area (Å²) in [6.07, 6.45) is 9.96. The van der Waals surface area contributed by atoms with E-state index in [9.17, 15) is 18.4 Å². The van der Waals surface area contributed by atoms with Crippen molar-refractivity contribution in [3.8, 4) is 22.3 Å². The van der Waals surface area contributed by atoms with Crippen LogP contribution in [0.3, 0.4) is 0 Å². The molecule has 2 aromatic carbocycles. The molecule has 55 heavy (non-hydrogen) atoms. The Morgan fingerprint density at radius 1 is 0.655 bits per heavy atom. The number of H-pyrrole nitrogens is 1. The molecule has 0 aliphatic carbocycles. The second kappa shape index (κ2) is 17.8. The minimum absolute atomic E-state index is 0.110. The third-order valence-corrected chi connectivity index (χ3v) is 9.93. The van der Waals surface area contributed by atoms with Crippen LogP contribution in [0.25, 0.3) is 44.1 Å². The largest absolute Gasteiger partial charge is 0.327 e. The van der Waals surface area contributed by atoms with Gasteiger partial charge >= 0.3 is 0 Å². The number of aromatic nitrogens is 6. The lowest BCUT2D eigenvalue weighted by Crippen LogP contribution is -2.21. The van der Waals surface area contributed by atoms with Crippen molar-refractivity contribution in [2.75, 3.05) is 0 Å². The summed E-state index contributed by atoms with van der Waals surface area (Å²) in [5.41, 5.74) is 7.24. The number of nitrogens with one attached hydrogen (secondary N) is 1. The number of rotatable bonds is 5. The summed E-state index contributed by atoms with van der Waals surface area (Å²) in [4.78, 5) is 43.1. The van der Waals surface area contributed by atoms with Crippen LogP contribution in [-0.4, -0.2) is 29.5 Å². The molecular weight excluding hydrogens is 854 g/mol. The van der Waals surface area contributed by atoms with E-state index in [1.807, 2.05) is 50.2 Å². The van der Waals surface area contributed by atoms with E-state index in [2.05, 4.69) is 56.8 Å². The number of pyridine rings is 6. The number of fused-ring (bicyclic) bond motifs is 2. The lowest BCUT2D eigenvalue weighted by Gasteiger charge is -2.11. The van der Waals surface area contributed by atoms with Crippen molar-refractivity contribution in [3.05, 3.63) is 186 Å². The van der Waals surface area contributed by atoms with Crippen molar-refractivity contribution in [1.82, 2.24) is 29.5 Å². The molecule has 0 aliphatic rings. The van der Waals surface area contributed by atoms with Gasteiger partial charge in [-0.05, 0) is 129 Å². The third kappa shape index (κ3) is 9.45. The van der Waals surface area contributed by atoms with E-state index in [1.165, 1.54) is 16.7 Å². The van der Waals surface area contributed by atoms with Crippen LogP contribution in [0.2, 0.25) is 0 Å². The number of aromatic amines is 1. The molecule has 8 nitrogen and oxygen atoms in total. The highest BCUT2D eigenvalue weighted by molar-refractivity contribution is 9.11. The molecular formula is C42H31Br2ClF2N6O2. The van der Waals surface area contributed by atoms with Crippen LogP contribution in [0.1, 0.15) is 22.5 Å². The molecule has 0 atom stereocenters. The third-order valence-electron chi connectivity index (χ3n) is 8.45. The van der Waals surface area contributed by atoms with Crippen LogP contribution in [0.4, 0.5) is 8.78 Å². The number of benzene rings is 2. The minimum atomic E-state index is -0.351. The van der Waals surface area contributed by atoms with Gasteiger partial charge in [-0.3, -0.25) is 29.5 Å². The summed E-state index contributed by atoms with van der Waals surface area (Å²) in [5, 5.41) is 1.10. The zero-order chi connectivity index (χ0) is 39.1. The van der Waals surface area contributed by atoms with Gasteiger partial charge in [0, 0.05) is 59.7 Å². The first kappa shape index (κ1) is 39.3. The molecule has 13 heteroatoms. The Bertz CT molecular complexity index is 2780. The van der Waals surface area contributed by atoms with Gasteiger partial charge in [-0.25, -0.2) is 8.78 Å². The Morgan fingerprint density at radius 2 is 1.18 bits per heavy atom. The van der Waals surface area contributed by atoms with Crippen LogP contribution in [0, 0.1) is 25.5 Å². The van der Waals surface area contributed by atoms with E-state index in [1.54, 1.807) is 73.6 Å². The molecule has 0 aliphatic heterocycles. The fraction of sp³-hybridized carbons (Fsp3) is 0.0952. The Hall–Kier alpha value is -5.43. The van der Waals surface area contributed by atoms with Gasteiger partial charge in [-0.15, -0.1) is 11.6 Å². The Labute approximate surface area is 336 Å². The summed E-state index contributed by atoms with van der Waals surface area (Å²) in [6.45, 7) is 3.95. The lowest BCUT2D eigenvalue weighted by molar-refractivity contribution is 0.597. The van der Waals surface area contributed by atoms with Crippen LogP contribution < -0.4 is 11.1 Å². The summed E-state index contributed by atoms with van der Waals surface area (Å²) in [6, 6.07) is 24.6. The fourth-order valence-electron chi connectivity index (χ4n) is 5.67. The number of hydrogen-bond donors (Lipinski definition) is 1. The highest BCUT2D eigenvalue weighted by atomic mass is 79.9. The maximum atomic E-state index is 14.7. The molecule has 276 valence electrons. The minimum Gasteiger partial charge on any atom is -0.327 e. The van der Waals surface area contributed by atoms with Crippen molar-refractivity contribution < 1.29 is 8.78 Å². The molecule has 0 unspecified atom stereocenters. The van der Waals surface area contributed by atoms with Crippen molar-refractivity contribution >= 4 is 65.3 Å². The molecule has 0 fully saturated rings. The summed E-state index contributed by atoms with van der Waals surface area (Å²) in [7, 11) is 0. The molecule has 0 spiro atoms. The number of aryl methyl sites for hydroxylation is 2. The van der Waals surface area contributed by atoms with Gasteiger partial charge in [0.05, 0.1) is 43.2 Å². The van der Waals surface area contributed by atoms with E-state index in [4.69, 9.17) is 11.6 Å². The van der Waals surface area contributed by atoms with Crippen LogP contribution in [-0.2, 0) is 12.4 Å². The smallest absolute Gasteiger partial charge is 0.260 e. The maximum absolute atomic E-state index is 14.7. The number of halogens is 5. The summed E-state index contributed by atoms with van der Waals surface area (Å²) >= 11 is 12.3. The zero-order valence-corrected chi connectivity index (χ0v) is 33.3. The molecule has 8 aromatic rings. The standard InChI is InChI=1S/C21H15BrFN3O.C13H11ClFN.C8H5BrN2O/c1-13-9-15(6-8-24-13)14-4-5-16(19(23)10-14)11-26-12-18(22)20-17(21(26)27)3-2-7-25-20;1-9-6-11(4-5-16-9)10-2-3-12(8-14)13(15)7-10;9-6-4-11-8(12)5-2-1-3-10-7(5)6/h2-10,12H,11H2,1H3;2-7H,8H2,1H3;1-4H,(H,11,12). The zero-order valence-electron chi connectivity index (χ0n) is 29.4. The number of nitrogens with zero attached hydrogens (tertiary/aromatic N) is 5. The molecule has 0 saturated heterocycles.